The monoisotopic (exact) mass is 553 g/mol. The van der Waals surface area contributed by atoms with Crippen molar-refractivity contribution < 1.29 is 14.3 Å². The summed E-state index contributed by atoms with van der Waals surface area (Å²) < 4.78 is 13.3. The topological polar surface area (TPSA) is 85.4 Å². The number of hydrogen-bond acceptors (Lipinski definition) is 5. The van der Waals surface area contributed by atoms with Crippen molar-refractivity contribution in [2.24, 2.45) is 0 Å². The molecule has 1 aromatic heterocycles. The fraction of sp³-hybridized carbons (Fsp3) is 0.192. The molecule has 0 bridgehead atoms. The van der Waals surface area contributed by atoms with E-state index in [1.165, 1.54) is 4.57 Å². The number of halogens is 1. The summed E-state index contributed by atoms with van der Waals surface area (Å²) in [5.74, 6) is 1.16. The van der Waals surface area contributed by atoms with E-state index in [0.717, 1.165) is 15.6 Å². The van der Waals surface area contributed by atoms with Gasteiger partial charge in [0, 0.05) is 16.6 Å². The summed E-state index contributed by atoms with van der Waals surface area (Å²) in [5, 5.41) is 3.49. The molecule has 0 aliphatic carbocycles. The molecule has 0 unspecified atom stereocenters. The number of amides is 1. The number of benzene rings is 3. The molecule has 0 fully saturated rings. The lowest BCUT2D eigenvalue weighted by Gasteiger charge is -2.11. The SMILES string of the molecule is COc1ccc(CCNC(=O)c2ccc(Cn3c(=S)[nH]c4ccc(Br)cc4c3=O)cc2)cc1OC. The molecule has 0 aliphatic rings. The number of carbonyl (C=O) groups excluding carboxylic acids is 1. The Kier molecular flexibility index (Phi) is 7.67. The van der Waals surface area contributed by atoms with Crippen molar-refractivity contribution in [3.8, 4) is 11.5 Å². The molecule has 0 radical (unpaired) electrons. The average molecular weight is 554 g/mol. The summed E-state index contributed by atoms with van der Waals surface area (Å²) >= 11 is 8.81. The zero-order valence-corrected chi connectivity index (χ0v) is 21.7. The number of aromatic nitrogens is 2. The number of rotatable bonds is 8. The van der Waals surface area contributed by atoms with Crippen LogP contribution in [0.4, 0.5) is 0 Å². The number of aromatic amines is 1. The molecular formula is C26H24BrN3O4S. The van der Waals surface area contributed by atoms with Crippen LogP contribution in [0.2, 0.25) is 0 Å². The van der Waals surface area contributed by atoms with E-state index in [0.29, 0.717) is 52.2 Å². The quantitative estimate of drug-likeness (QED) is 0.304. The number of nitrogens with one attached hydrogen (secondary N) is 2. The van der Waals surface area contributed by atoms with Crippen LogP contribution in [-0.4, -0.2) is 36.2 Å². The highest BCUT2D eigenvalue weighted by molar-refractivity contribution is 9.10. The van der Waals surface area contributed by atoms with Crippen molar-refractivity contribution in [2.45, 2.75) is 13.0 Å². The molecule has 9 heteroatoms. The van der Waals surface area contributed by atoms with Gasteiger partial charge in [0.15, 0.2) is 16.3 Å². The number of ether oxygens (including phenoxy) is 2. The highest BCUT2D eigenvalue weighted by atomic mass is 79.9. The standard InChI is InChI=1S/C26H24BrN3O4S/c1-33-22-10-5-16(13-23(22)34-2)11-12-28-24(31)18-6-3-17(4-7-18)15-30-25(32)20-14-19(27)8-9-21(20)29-26(30)35/h3-10,13-14H,11-12,15H2,1-2H3,(H,28,31)(H,29,35). The molecule has 7 nitrogen and oxygen atoms in total. The van der Waals surface area contributed by atoms with Gasteiger partial charge in [-0.15, -0.1) is 0 Å². The van der Waals surface area contributed by atoms with Crippen LogP contribution >= 0.6 is 28.1 Å². The molecule has 2 N–H and O–H groups in total. The van der Waals surface area contributed by atoms with Gasteiger partial charge in [-0.1, -0.05) is 34.1 Å². The molecule has 35 heavy (non-hydrogen) atoms. The Hall–Kier alpha value is -3.43. The third-order valence-corrected chi connectivity index (χ3v) is 6.46. The predicted octanol–water partition coefficient (Wildman–Crippen LogP) is 4.86. The van der Waals surface area contributed by atoms with Crippen molar-refractivity contribution in [1.29, 1.82) is 0 Å². The molecule has 0 saturated heterocycles. The zero-order chi connectivity index (χ0) is 24.9. The number of carbonyl (C=O) groups is 1. The Morgan fingerprint density at radius 2 is 1.71 bits per heavy atom. The minimum Gasteiger partial charge on any atom is -0.493 e. The van der Waals surface area contributed by atoms with E-state index in [4.69, 9.17) is 21.7 Å². The van der Waals surface area contributed by atoms with Crippen molar-refractivity contribution in [2.75, 3.05) is 20.8 Å². The maximum absolute atomic E-state index is 13.0. The molecule has 180 valence electrons. The molecule has 0 spiro atoms. The summed E-state index contributed by atoms with van der Waals surface area (Å²) in [5.41, 5.74) is 2.97. The average Bonchev–Trinajstić information content (AvgIpc) is 2.87. The van der Waals surface area contributed by atoms with E-state index in [9.17, 15) is 9.59 Å². The Bertz CT molecular complexity index is 1500. The first-order valence-corrected chi connectivity index (χ1v) is 12.1. The van der Waals surface area contributed by atoms with E-state index < -0.39 is 0 Å². The third-order valence-electron chi connectivity index (χ3n) is 5.65. The number of hydrogen-bond donors (Lipinski definition) is 2. The molecule has 0 saturated carbocycles. The normalized spacial score (nSPS) is 10.8. The van der Waals surface area contributed by atoms with Gasteiger partial charge in [-0.2, -0.15) is 0 Å². The van der Waals surface area contributed by atoms with Gasteiger partial charge >= 0.3 is 0 Å². The first-order valence-electron chi connectivity index (χ1n) is 10.9. The van der Waals surface area contributed by atoms with E-state index in [-0.39, 0.29) is 11.5 Å². The van der Waals surface area contributed by atoms with Crippen LogP contribution in [0.25, 0.3) is 10.9 Å². The van der Waals surface area contributed by atoms with Gasteiger partial charge in [-0.3, -0.25) is 14.2 Å². The summed E-state index contributed by atoms with van der Waals surface area (Å²) in [6.45, 7) is 0.783. The lowest BCUT2D eigenvalue weighted by Crippen LogP contribution is -2.26. The minimum absolute atomic E-state index is 0.165. The third kappa shape index (κ3) is 5.63. The molecular weight excluding hydrogens is 530 g/mol. The van der Waals surface area contributed by atoms with Gasteiger partial charge in [-0.05, 0) is 72.2 Å². The Morgan fingerprint density at radius 1 is 1.00 bits per heavy atom. The molecule has 0 atom stereocenters. The van der Waals surface area contributed by atoms with Crippen LogP contribution in [0.15, 0.2) is 69.9 Å². The van der Waals surface area contributed by atoms with Crippen LogP contribution in [0, 0.1) is 4.77 Å². The number of methoxy groups -OCH3 is 2. The molecule has 4 aromatic rings. The Labute approximate surface area is 215 Å². The molecule has 3 aromatic carbocycles. The highest BCUT2D eigenvalue weighted by Crippen LogP contribution is 2.27. The number of nitrogens with zero attached hydrogens (tertiary/aromatic N) is 1. The van der Waals surface area contributed by atoms with E-state index in [1.54, 1.807) is 32.4 Å². The van der Waals surface area contributed by atoms with Crippen LogP contribution in [-0.2, 0) is 13.0 Å². The lowest BCUT2D eigenvalue weighted by atomic mass is 10.1. The van der Waals surface area contributed by atoms with Gasteiger partial charge in [0.05, 0.1) is 31.7 Å². The van der Waals surface area contributed by atoms with Crippen molar-refractivity contribution >= 4 is 45.0 Å². The summed E-state index contributed by atoms with van der Waals surface area (Å²) in [7, 11) is 3.19. The van der Waals surface area contributed by atoms with Gasteiger partial charge < -0.3 is 19.8 Å². The fourth-order valence-electron chi connectivity index (χ4n) is 3.77. The van der Waals surface area contributed by atoms with Gasteiger partial charge in [0.2, 0.25) is 0 Å². The maximum atomic E-state index is 13.0. The van der Waals surface area contributed by atoms with Crippen molar-refractivity contribution in [3.63, 3.8) is 0 Å². The lowest BCUT2D eigenvalue weighted by molar-refractivity contribution is 0.0954. The summed E-state index contributed by atoms with van der Waals surface area (Å²) in [6.07, 6.45) is 0.656. The van der Waals surface area contributed by atoms with Gasteiger partial charge in [-0.25, -0.2) is 0 Å². The second-order valence-electron chi connectivity index (χ2n) is 7.90. The van der Waals surface area contributed by atoms with Crippen LogP contribution in [0.5, 0.6) is 11.5 Å². The fourth-order valence-corrected chi connectivity index (χ4v) is 4.39. The number of H-pyrrole nitrogens is 1. The Morgan fingerprint density at radius 3 is 2.43 bits per heavy atom. The first-order chi connectivity index (χ1) is 16.9. The van der Waals surface area contributed by atoms with E-state index in [1.807, 2.05) is 42.5 Å². The molecule has 0 aliphatic heterocycles. The van der Waals surface area contributed by atoms with E-state index >= 15 is 0 Å². The molecule has 1 heterocycles. The molecule has 4 rings (SSSR count). The van der Waals surface area contributed by atoms with Gasteiger partial charge in [0.25, 0.3) is 11.5 Å². The Balaban J connectivity index is 1.41. The smallest absolute Gasteiger partial charge is 0.262 e. The van der Waals surface area contributed by atoms with Crippen LogP contribution in [0.1, 0.15) is 21.5 Å². The van der Waals surface area contributed by atoms with Gasteiger partial charge in [0.1, 0.15) is 0 Å². The van der Waals surface area contributed by atoms with Crippen LogP contribution < -0.4 is 20.3 Å². The van der Waals surface area contributed by atoms with Crippen molar-refractivity contribution in [3.05, 3.63) is 97.0 Å². The largest absolute Gasteiger partial charge is 0.493 e. The first kappa shape index (κ1) is 24.7. The summed E-state index contributed by atoms with van der Waals surface area (Å²) in [4.78, 5) is 28.7. The predicted molar refractivity (Wildman–Crippen MR) is 142 cm³/mol. The number of fused-ring (bicyclic) bond motifs is 1. The maximum Gasteiger partial charge on any atom is 0.262 e. The second-order valence-corrected chi connectivity index (χ2v) is 9.21. The van der Waals surface area contributed by atoms with Crippen LogP contribution in [0.3, 0.4) is 0 Å². The zero-order valence-electron chi connectivity index (χ0n) is 19.3. The second kappa shape index (κ2) is 10.9. The minimum atomic E-state index is -0.165. The molecule has 1 amide bonds. The van der Waals surface area contributed by atoms with Crippen molar-refractivity contribution in [1.82, 2.24) is 14.9 Å². The summed E-state index contributed by atoms with van der Waals surface area (Å²) in [6, 6.07) is 18.3. The van der Waals surface area contributed by atoms with E-state index in [2.05, 4.69) is 26.2 Å². The highest BCUT2D eigenvalue weighted by Gasteiger charge is 2.10.